The SMILES string of the molecule is CNCc1c(Oc2ccc([N+](=O)[O-])cc2F)ccnc1NNC(=O)OC(C)(C)C. The number of ether oxygens (including phenoxy) is 2. The van der Waals surface area contributed by atoms with Crippen molar-refractivity contribution in [2.75, 3.05) is 12.5 Å². The van der Waals surface area contributed by atoms with Gasteiger partial charge in [-0.15, -0.1) is 0 Å². The Labute approximate surface area is 166 Å². The van der Waals surface area contributed by atoms with Gasteiger partial charge in [0.05, 0.1) is 16.6 Å². The highest BCUT2D eigenvalue weighted by Crippen LogP contribution is 2.32. The van der Waals surface area contributed by atoms with Crippen molar-refractivity contribution in [1.82, 2.24) is 15.7 Å². The molecule has 10 nitrogen and oxygen atoms in total. The number of hydrogen-bond donors (Lipinski definition) is 3. The maximum atomic E-state index is 14.2. The van der Waals surface area contributed by atoms with E-state index in [2.05, 4.69) is 21.2 Å². The molecule has 11 heteroatoms. The van der Waals surface area contributed by atoms with Crippen molar-refractivity contribution in [2.24, 2.45) is 0 Å². The van der Waals surface area contributed by atoms with Crippen molar-refractivity contribution in [1.29, 1.82) is 0 Å². The van der Waals surface area contributed by atoms with E-state index in [-0.39, 0.29) is 29.5 Å². The van der Waals surface area contributed by atoms with Crippen LogP contribution >= 0.6 is 0 Å². The third kappa shape index (κ3) is 6.28. The lowest BCUT2D eigenvalue weighted by Crippen LogP contribution is -2.36. The van der Waals surface area contributed by atoms with Gasteiger partial charge in [-0.25, -0.2) is 19.6 Å². The number of rotatable bonds is 7. The van der Waals surface area contributed by atoms with Crippen LogP contribution < -0.4 is 20.9 Å². The minimum atomic E-state index is -0.882. The van der Waals surface area contributed by atoms with E-state index in [0.717, 1.165) is 12.1 Å². The highest BCUT2D eigenvalue weighted by Gasteiger charge is 2.18. The second-order valence-electron chi connectivity index (χ2n) is 6.89. The molecule has 3 N–H and O–H groups in total. The van der Waals surface area contributed by atoms with Crippen molar-refractivity contribution < 1.29 is 23.6 Å². The number of hydrogen-bond acceptors (Lipinski definition) is 8. The van der Waals surface area contributed by atoms with Crippen LogP contribution in [0.2, 0.25) is 0 Å². The Kier molecular flexibility index (Phi) is 6.89. The number of amides is 1. The monoisotopic (exact) mass is 407 g/mol. The van der Waals surface area contributed by atoms with Gasteiger partial charge in [0, 0.05) is 18.8 Å². The lowest BCUT2D eigenvalue weighted by Gasteiger charge is -2.21. The first-order valence-electron chi connectivity index (χ1n) is 8.60. The molecule has 0 radical (unpaired) electrons. The molecule has 2 aromatic rings. The molecule has 1 aromatic carbocycles. The lowest BCUT2D eigenvalue weighted by molar-refractivity contribution is -0.385. The molecule has 0 aliphatic rings. The zero-order valence-corrected chi connectivity index (χ0v) is 16.4. The molecule has 0 saturated carbocycles. The number of carbonyl (C=O) groups excluding carboxylic acids is 1. The number of anilines is 1. The number of nitrogens with zero attached hydrogens (tertiary/aromatic N) is 2. The van der Waals surface area contributed by atoms with Gasteiger partial charge in [0.2, 0.25) is 0 Å². The summed E-state index contributed by atoms with van der Waals surface area (Å²) in [5.41, 5.74) is 4.45. The Hall–Kier alpha value is -3.47. The van der Waals surface area contributed by atoms with Gasteiger partial charge in [-0.05, 0) is 40.0 Å². The van der Waals surface area contributed by atoms with Crippen molar-refractivity contribution >= 4 is 17.6 Å². The normalized spacial score (nSPS) is 10.9. The van der Waals surface area contributed by atoms with E-state index < -0.39 is 22.4 Å². The summed E-state index contributed by atoms with van der Waals surface area (Å²) in [6.07, 6.45) is 0.694. The molecule has 29 heavy (non-hydrogen) atoms. The zero-order chi connectivity index (χ0) is 21.6. The molecule has 0 aliphatic carbocycles. The standard InChI is InChI=1S/C18H22FN5O5/c1-18(2,3)29-17(25)23-22-16-12(10-20-4)14(7-8-21-16)28-15-6-5-11(24(26)27)9-13(15)19/h5-9,20H,10H2,1-4H3,(H,21,22)(H,23,25). The van der Waals surface area contributed by atoms with Crippen molar-refractivity contribution in [2.45, 2.75) is 32.9 Å². The number of benzene rings is 1. The summed E-state index contributed by atoms with van der Waals surface area (Å²) < 4.78 is 24.9. The van der Waals surface area contributed by atoms with E-state index in [4.69, 9.17) is 9.47 Å². The Bertz CT molecular complexity index is 901. The van der Waals surface area contributed by atoms with E-state index in [1.165, 1.54) is 18.3 Å². The minimum Gasteiger partial charge on any atom is -0.454 e. The molecular weight excluding hydrogens is 385 g/mol. The fourth-order valence-corrected chi connectivity index (χ4v) is 2.24. The van der Waals surface area contributed by atoms with Gasteiger partial charge in [0.15, 0.2) is 17.4 Å². The Morgan fingerprint density at radius 3 is 2.59 bits per heavy atom. The summed E-state index contributed by atoms with van der Waals surface area (Å²) in [4.78, 5) is 26.0. The van der Waals surface area contributed by atoms with E-state index in [1.54, 1.807) is 27.8 Å². The minimum absolute atomic E-state index is 0.190. The number of pyridine rings is 1. The Morgan fingerprint density at radius 2 is 2.00 bits per heavy atom. The molecule has 0 aliphatic heterocycles. The molecule has 2 rings (SSSR count). The molecule has 1 heterocycles. The zero-order valence-electron chi connectivity index (χ0n) is 16.4. The molecule has 0 atom stereocenters. The molecular formula is C18H22FN5O5. The van der Waals surface area contributed by atoms with Crippen LogP contribution in [0.1, 0.15) is 26.3 Å². The van der Waals surface area contributed by atoms with Crippen molar-refractivity contribution in [3.05, 3.63) is 52.0 Å². The molecule has 1 amide bonds. The Morgan fingerprint density at radius 1 is 1.28 bits per heavy atom. The van der Waals surface area contributed by atoms with E-state index in [0.29, 0.717) is 5.56 Å². The number of nitro benzene ring substituents is 1. The molecule has 0 bridgehead atoms. The fourth-order valence-electron chi connectivity index (χ4n) is 2.24. The maximum absolute atomic E-state index is 14.2. The first-order valence-corrected chi connectivity index (χ1v) is 8.60. The van der Waals surface area contributed by atoms with Gasteiger partial charge in [0.25, 0.3) is 5.69 Å². The van der Waals surface area contributed by atoms with Crippen LogP contribution in [0.15, 0.2) is 30.5 Å². The summed E-state index contributed by atoms with van der Waals surface area (Å²) in [6.45, 7) is 5.45. The molecule has 0 fully saturated rings. The van der Waals surface area contributed by atoms with Gasteiger partial charge >= 0.3 is 6.09 Å². The predicted octanol–water partition coefficient (Wildman–Crippen LogP) is 3.49. The van der Waals surface area contributed by atoms with Crippen LogP contribution in [-0.4, -0.2) is 28.6 Å². The quantitative estimate of drug-likeness (QED) is 0.470. The third-order valence-electron chi connectivity index (χ3n) is 3.39. The number of nitro groups is 1. The highest BCUT2D eigenvalue weighted by molar-refractivity contribution is 5.70. The number of carbonyl (C=O) groups is 1. The molecule has 1 aromatic heterocycles. The first-order chi connectivity index (χ1) is 13.6. The second-order valence-corrected chi connectivity index (χ2v) is 6.89. The van der Waals surface area contributed by atoms with E-state index in [1.807, 2.05) is 0 Å². The van der Waals surface area contributed by atoms with Gasteiger partial charge in [-0.2, -0.15) is 0 Å². The molecule has 0 saturated heterocycles. The summed E-state index contributed by atoms with van der Waals surface area (Å²) in [7, 11) is 1.69. The lowest BCUT2D eigenvalue weighted by atomic mass is 10.2. The number of nitrogens with one attached hydrogen (secondary N) is 3. The predicted molar refractivity (Wildman–Crippen MR) is 103 cm³/mol. The number of halogens is 1. The third-order valence-corrected chi connectivity index (χ3v) is 3.39. The van der Waals surface area contributed by atoms with Crippen LogP contribution in [0, 0.1) is 15.9 Å². The number of non-ortho nitro benzene ring substituents is 1. The largest absolute Gasteiger partial charge is 0.454 e. The van der Waals surface area contributed by atoms with Gasteiger partial charge in [0.1, 0.15) is 11.4 Å². The van der Waals surface area contributed by atoms with Gasteiger partial charge in [-0.3, -0.25) is 15.5 Å². The van der Waals surface area contributed by atoms with Crippen LogP contribution in [-0.2, 0) is 11.3 Å². The van der Waals surface area contributed by atoms with Gasteiger partial charge < -0.3 is 14.8 Å². The molecule has 156 valence electrons. The van der Waals surface area contributed by atoms with Crippen LogP contribution in [0.25, 0.3) is 0 Å². The average Bonchev–Trinajstić information content (AvgIpc) is 2.62. The fraction of sp³-hybridized carbons (Fsp3) is 0.333. The number of aromatic nitrogens is 1. The molecule has 0 unspecified atom stereocenters. The van der Waals surface area contributed by atoms with Crippen molar-refractivity contribution in [3.63, 3.8) is 0 Å². The topological polar surface area (TPSA) is 128 Å². The molecule has 0 spiro atoms. The van der Waals surface area contributed by atoms with Gasteiger partial charge in [-0.1, -0.05) is 0 Å². The first kappa shape index (κ1) is 21.8. The van der Waals surface area contributed by atoms with Crippen LogP contribution in [0.5, 0.6) is 11.5 Å². The summed E-state index contributed by atoms with van der Waals surface area (Å²) in [6, 6.07) is 4.59. The maximum Gasteiger partial charge on any atom is 0.426 e. The summed E-state index contributed by atoms with van der Waals surface area (Å²) in [5, 5.41) is 13.7. The van der Waals surface area contributed by atoms with E-state index >= 15 is 0 Å². The summed E-state index contributed by atoms with van der Waals surface area (Å²) in [5.74, 6) is -0.571. The van der Waals surface area contributed by atoms with Crippen LogP contribution in [0.3, 0.4) is 0 Å². The van der Waals surface area contributed by atoms with Crippen molar-refractivity contribution in [3.8, 4) is 11.5 Å². The van der Waals surface area contributed by atoms with E-state index in [9.17, 15) is 19.3 Å². The van der Waals surface area contributed by atoms with Crippen LogP contribution in [0.4, 0.5) is 20.7 Å². The highest BCUT2D eigenvalue weighted by atomic mass is 19.1. The average molecular weight is 407 g/mol. The Balaban J connectivity index is 2.24. The number of hydrazine groups is 1. The smallest absolute Gasteiger partial charge is 0.426 e. The summed E-state index contributed by atoms with van der Waals surface area (Å²) >= 11 is 0. The second kappa shape index (κ2) is 9.15.